The molecule has 18 heavy (non-hydrogen) atoms. The summed E-state index contributed by atoms with van der Waals surface area (Å²) >= 11 is 0. The van der Waals surface area contributed by atoms with Crippen LogP contribution in [0.1, 0.15) is 25.0 Å². The van der Waals surface area contributed by atoms with Crippen LogP contribution >= 0.6 is 0 Å². The van der Waals surface area contributed by atoms with E-state index in [9.17, 15) is 5.11 Å². The number of hydrogen-bond donors (Lipinski definition) is 1. The maximum absolute atomic E-state index is 10.7. The van der Waals surface area contributed by atoms with Gasteiger partial charge in [0, 0.05) is 13.5 Å². The fourth-order valence-electron chi connectivity index (χ4n) is 2.05. The van der Waals surface area contributed by atoms with E-state index in [-0.39, 0.29) is 5.92 Å². The molecule has 0 aromatic heterocycles. The van der Waals surface area contributed by atoms with Crippen LogP contribution in [0, 0.1) is 12.8 Å². The zero-order chi connectivity index (χ0) is 13.8. The van der Waals surface area contributed by atoms with Gasteiger partial charge in [0.05, 0.1) is 19.3 Å². The summed E-state index contributed by atoms with van der Waals surface area (Å²) in [6.45, 7) is 6.36. The maximum atomic E-state index is 10.7. The van der Waals surface area contributed by atoms with Crippen LogP contribution in [-0.2, 0) is 11.2 Å². The number of hydrogen-bond acceptors (Lipinski definition) is 3. The highest BCUT2D eigenvalue weighted by molar-refractivity contribution is 5.38. The summed E-state index contributed by atoms with van der Waals surface area (Å²) in [7, 11) is 3.26. The van der Waals surface area contributed by atoms with Gasteiger partial charge in [0.2, 0.25) is 0 Å². The molecular formula is C15H24O3. The van der Waals surface area contributed by atoms with Gasteiger partial charge in [0.1, 0.15) is 5.75 Å². The molecule has 1 unspecified atom stereocenters. The second-order valence-corrected chi connectivity index (χ2v) is 5.18. The average molecular weight is 252 g/mol. The molecular weight excluding hydrogens is 228 g/mol. The third-order valence-electron chi connectivity index (χ3n) is 3.40. The van der Waals surface area contributed by atoms with Gasteiger partial charge in [-0.25, -0.2) is 0 Å². The van der Waals surface area contributed by atoms with Crippen molar-refractivity contribution in [3.8, 4) is 5.75 Å². The molecule has 3 nitrogen and oxygen atoms in total. The number of ether oxygens (including phenoxy) is 2. The highest BCUT2D eigenvalue weighted by Crippen LogP contribution is 2.28. The van der Waals surface area contributed by atoms with E-state index in [0.717, 1.165) is 16.9 Å². The molecule has 0 saturated carbocycles. The lowest BCUT2D eigenvalue weighted by Crippen LogP contribution is -2.42. The lowest BCUT2D eigenvalue weighted by atomic mass is 9.84. The van der Waals surface area contributed by atoms with Crippen LogP contribution in [0.2, 0.25) is 0 Å². The highest BCUT2D eigenvalue weighted by Gasteiger charge is 2.32. The van der Waals surface area contributed by atoms with Crippen molar-refractivity contribution in [2.24, 2.45) is 5.92 Å². The van der Waals surface area contributed by atoms with E-state index in [0.29, 0.717) is 13.0 Å². The Balaban J connectivity index is 3.03. The fourth-order valence-corrected chi connectivity index (χ4v) is 2.05. The normalized spacial score (nSPS) is 14.6. The largest absolute Gasteiger partial charge is 0.496 e. The molecule has 1 N–H and O–H groups in total. The van der Waals surface area contributed by atoms with Gasteiger partial charge >= 0.3 is 0 Å². The molecule has 0 aliphatic carbocycles. The molecule has 1 rings (SSSR count). The molecule has 0 bridgehead atoms. The molecule has 0 heterocycles. The molecule has 0 fully saturated rings. The van der Waals surface area contributed by atoms with Crippen LogP contribution in [0.5, 0.6) is 5.75 Å². The van der Waals surface area contributed by atoms with Crippen molar-refractivity contribution in [2.45, 2.75) is 32.8 Å². The monoisotopic (exact) mass is 252 g/mol. The summed E-state index contributed by atoms with van der Waals surface area (Å²) in [4.78, 5) is 0. The van der Waals surface area contributed by atoms with Crippen LogP contribution < -0.4 is 4.74 Å². The molecule has 3 heteroatoms. The molecule has 1 aromatic rings. The molecule has 0 radical (unpaired) electrons. The summed E-state index contributed by atoms with van der Waals surface area (Å²) in [5.41, 5.74) is 1.32. The summed E-state index contributed by atoms with van der Waals surface area (Å²) in [6.07, 6.45) is 0.531. The van der Waals surface area contributed by atoms with Crippen molar-refractivity contribution in [3.63, 3.8) is 0 Å². The lowest BCUT2D eigenvalue weighted by molar-refractivity contribution is -0.0639. The zero-order valence-electron chi connectivity index (χ0n) is 12.0. The molecule has 0 aliphatic heterocycles. The highest BCUT2D eigenvalue weighted by atomic mass is 16.5. The van der Waals surface area contributed by atoms with Crippen LogP contribution in [0.15, 0.2) is 18.2 Å². The van der Waals surface area contributed by atoms with Crippen molar-refractivity contribution < 1.29 is 14.6 Å². The molecule has 0 spiro atoms. The number of methoxy groups -OCH3 is 2. The third kappa shape index (κ3) is 3.47. The van der Waals surface area contributed by atoms with Crippen molar-refractivity contribution in [1.29, 1.82) is 0 Å². The zero-order valence-corrected chi connectivity index (χ0v) is 12.0. The molecule has 1 atom stereocenters. The maximum Gasteiger partial charge on any atom is 0.122 e. The topological polar surface area (TPSA) is 38.7 Å². The molecule has 0 saturated heterocycles. The first kappa shape index (κ1) is 15.0. The number of aliphatic hydroxyl groups is 1. The van der Waals surface area contributed by atoms with E-state index in [4.69, 9.17) is 9.47 Å². The van der Waals surface area contributed by atoms with Gasteiger partial charge in [-0.3, -0.25) is 0 Å². The second kappa shape index (κ2) is 6.21. The summed E-state index contributed by atoms with van der Waals surface area (Å²) in [5.74, 6) is 0.929. The van der Waals surface area contributed by atoms with E-state index in [1.807, 2.05) is 32.9 Å². The van der Waals surface area contributed by atoms with Crippen molar-refractivity contribution in [1.82, 2.24) is 0 Å². The Labute approximate surface area is 110 Å². The van der Waals surface area contributed by atoms with E-state index in [1.54, 1.807) is 14.2 Å². The number of aryl methyl sites for hydroxylation is 1. The van der Waals surface area contributed by atoms with Gasteiger partial charge in [0.15, 0.2) is 0 Å². The summed E-state index contributed by atoms with van der Waals surface area (Å²) in [5, 5.41) is 10.7. The van der Waals surface area contributed by atoms with Crippen LogP contribution in [-0.4, -0.2) is 31.5 Å². The van der Waals surface area contributed by atoms with Crippen LogP contribution in [0.3, 0.4) is 0 Å². The van der Waals surface area contributed by atoms with Crippen molar-refractivity contribution in [2.75, 3.05) is 20.8 Å². The molecule has 1 aromatic carbocycles. The van der Waals surface area contributed by atoms with E-state index in [1.165, 1.54) is 0 Å². The minimum absolute atomic E-state index is 0.114. The predicted molar refractivity (Wildman–Crippen MR) is 73.1 cm³/mol. The Morgan fingerprint density at radius 1 is 1.28 bits per heavy atom. The quantitative estimate of drug-likeness (QED) is 0.845. The average Bonchev–Trinajstić information content (AvgIpc) is 2.29. The first-order valence-corrected chi connectivity index (χ1v) is 6.27. The first-order chi connectivity index (χ1) is 8.42. The minimum atomic E-state index is -0.865. The van der Waals surface area contributed by atoms with Crippen LogP contribution in [0.4, 0.5) is 0 Å². The van der Waals surface area contributed by atoms with Crippen molar-refractivity contribution in [3.05, 3.63) is 29.3 Å². The Morgan fingerprint density at radius 2 is 1.94 bits per heavy atom. The van der Waals surface area contributed by atoms with Crippen molar-refractivity contribution >= 4 is 0 Å². The smallest absolute Gasteiger partial charge is 0.122 e. The minimum Gasteiger partial charge on any atom is -0.496 e. The Hall–Kier alpha value is -1.06. The fraction of sp³-hybridized carbons (Fsp3) is 0.600. The predicted octanol–water partition coefficient (Wildman–Crippen LogP) is 2.58. The summed E-state index contributed by atoms with van der Waals surface area (Å²) in [6, 6.07) is 6.01. The van der Waals surface area contributed by atoms with Gasteiger partial charge in [-0.15, -0.1) is 0 Å². The van der Waals surface area contributed by atoms with Gasteiger partial charge in [-0.05, 0) is 24.5 Å². The lowest BCUT2D eigenvalue weighted by Gasteiger charge is -2.32. The van der Waals surface area contributed by atoms with E-state index in [2.05, 4.69) is 6.07 Å². The third-order valence-corrected chi connectivity index (χ3v) is 3.40. The standard InChI is InChI=1S/C15H24O3/c1-11(2)15(16,10-17-4)9-13-8-12(3)6-7-14(13)18-5/h6-8,11,16H,9-10H2,1-5H3. The van der Waals surface area contributed by atoms with E-state index < -0.39 is 5.60 Å². The van der Waals surface area contributed by atoms with Gasteiger partial charge in [-0.2, -0.15) is 0 Å². The number of benzene rings is 1. The van der Waals surface area contributed by atoms with Gasteiger partial charge < -0.3 is 14.6 Å². The van der Waals surface area contributed by atoms with Gasteiger partial charge in [-0.1, -0.05) is 31.5 Å². The Kier molecular flexibility index (Phi) is 5.17. The Bertz CT molecular complexity index is 387. The molecule has 0 aliphatic rings. The summed E-state index contributed by atoms with van der Waals surface area (Å²) < 4.78 is 10.5. The molecule has 102 valence electrons. The first-order valence-electron chi connectivity index (χ1n) is 6.27. The van der Waals surface area contributed by atoms with Gasteiger partial charge in [0.25, 0.3) is 0 Å². The van der Waals surface area contributed by atoms with Crippen LogP contribution in [0.25, 0.3) is 0 Å². The SMILES string of the molecule is COCC(O)(Cc1cc(C)ccc1OC)C(C)C. The number of rotatable bonds is 6. The second-order valence-electron chi connectivity index (χ2n) is 5.18. The Morgan fingerprint density at radius 3 is 2.44 bits per heavy atom. The van der Waals surface area contributed by atoms with E-state index >= 15 is 0 Å². The molecule has 0 amide bonds.